The van der Waals surface area contributed by atoms with E-state index in [1.165, 1.54) is 22.5 Å². The Kier molecular flexibility index (Phi) is 3.89. The van der Waals surface area contributed by atoms with Gasteiger partial charge in [-0.1, -0.05) is 18.2 Å². The molecule has 0 radical (unpaired) electrons. The highest BCUT2D eigenvalue weighted by atomic mass is 32.1. The molecule has 1 aromatic carbocycles. The first-order valence-corrected chi connectivity index (χ1v) is 6.72. The highest BCUT2D eigenvalue weighted by Gasteiger charge is 2.11. The van der Waals surface area contributed by atoms with Crippen LogP contribution >= 0.6 is 11.3 Å². The number of hydrogen-bond donors (Lipinski definition) is 1. The minimum absolute atomic E-state index is 0.0502. The number of benzene rings is 1. The SMILES string of the molecule is Cc1ccc(CC(=O)c2csc(CN)n2)cc1C. The Balaban J connectivity index is 2.13. The Morgan fingerprint density at radius 1 is 1.33 bits per heavy atom. The minimum atomic E-state index is 0.0502. The average Bonchev–Trinajstić information content (AvgIpc) is 2.82. The lowest BCUT2D eigenvalue weighted by Gasteiger charge is -2.03. The van der Waals surface area contributed by atoms with E-state index in [4.69, 9.17) is 5.73 Å². The first-order chi connectivity index (χ1) is 8.60. The van der Waals surface area contributed by atoms with E-state index < -0.39 is 0 Å². The molecular weight excluding hydrogens is 244 g/mol. The number of ketones is 1. The maximum atomic E-state index is 12.0. The fourth-order valence-electron chi connectivity index (χ4n) is 1.72. The molecule has 2 N–H and O–H groups in total. The van der Waals surface area contributed by atoms with E-state index in [0.29, 0.717) is 18.7 Å². The summed E-state index contributed by atoms with van der Waals surface area (Å²) in [7, 11) is 0. The van der Waals surface area contributed by atoms with Crippen molar-refractivity contribution in [1.29, 1.82) is 0 Å². The van der Waals surface area contributed by atoms with Crippen LogP contribution in [0.3, 0.4) is 0 Å². The molecule has 0 amide bonds. The number of Topliss-reactive ketones (excluding diaryl/α,β-unsaturated/α-hetero) is 1. The van der Waals surface area contributed by atoms with Gasteiger partial charge in [0.2, 0.25) is 0 Å². The van der Waals surface area contributed by atoms with Crippen LogP contribution in [-0.4, -0.2) is 10.8 Å². The molecule has 0 atom stereocenters. The third kappa shape index (κ3) is 2.83. The molecule has 1 heterocycles. The minimum Gasteiger partial charge on any atom is -0.325 e. The molecule has 94 valence electrons. The smallest absolute Gasteiger partial charge is 0.186 e. The van der Waals surface area contributed by atoms with Crippen molar-refractivity contribution < 1.29 is 4.79 Å². The second-order valence-corrected chi connectivity index (χ2v) is 5.29. The monoisotopic (exact) mass is 260 g/mol. The van der Waals surface area contributed by atoms with Gasteiger partial charge in [0.05, 0.1) is 0 Å². The summed E-state index contributed by atoms with van der Waals surface area (Å²) >= 11 is 1.44. The Morgan fingerprint density at radius 3 is 2.72 bits per heavy atom. The Hall–Kier alpha value is -1.52. The van der Waals surface area contributed by atoms with Crippen LogP contribution in [0.15, 0.2) is 23.6 Å². The van der Waals surface area contributed by atoms with Gasteiger partial charge < -0.3 is 5.73 Å². The molecule has 18 heavy (non-hydrogen) atoms. The Morgan fingerprint density at radius 2 is 2.11 bits per heavy atom. The van der Waals surface area contributed by atoms with Gasteiger partial charge in [-0.3, -0.25) is 4.79 Å². The van der Waals surface area contributed by atoms with Crippen LogP contribution in [-0.2, 0) is 13.0 Å². The summed E-state index contributed by atoms with van der Waals surface area (Å²) in [6.07, 6.45) is 0.398. The molecule has 0 saturated carbocycles. The molecule has 0 aliphatic heterocycles. The number of nitrogens with two attached hydrogens (primary N) is 1. The van der Waals surface area contributed by atoms with E-state index >= 15 is 0 Å². The lowest BCUT2D eigenvalue weighted by Crippen LogP contribution is -2.05. The van der Waals surface area contributed by atoms with Crippen molar-refractivity contribution >= 4 is 17.1 Å². The van der Waals surface area contributed by atoms with E-state index in [2.05, 4.69) is 24.9 Å². The van der Waals surface area contributed by atoms with Crippen molar-refractivity contribution in [3.63, 3.8) is 0 Å². The van der Waals surface area contributed by atoms with Gasteiger partial charge in [0.15, 0.2) is 5.78 Å². The second kappa shape index (κ2) is 5.42. The van der Waals surface area contributed by atoms with E-state index in [1.54, 1.807) is 5.38 Å². The summed E-state index contributed by atoms with van der Waals surface area (Å²) in [6, 6.07) is 6.10. The average molecular weight is 260 g/mol. The fraction of sp³-hybridized carbons (Fsp3) is 0.286. The fourth-order valence-corrected chi connectivity index (χ4v) is 2.40. The molecule has 0 fully saturated rings. The van der Waals surface area contributed by atoms with Crippen LogP contribution in [0, 0.1) is 13.8 Å². The van der Waals surface area contributed by atoms with E-state index in [1.807, 2.05) is 12.1 Å². The van der Waals surface area contributed by atoms with Crippen LogP contribution in [0.25, 0.3) is 0 Å². The number of aryl methyl sites for hydroxylation is 2. The highest BCUT2D eigenvalue weighted by molar-refractivity contribution is 7.09. The Bertz CT molecular complexity index is 575. The van der Waals surface area contributed by atoms with Crippen molar-refractivity contribution in [2.75, 3.05) is 0 Å². The number of hydrogen-bond acceptors (Lipinski definition) is 4. The molecule has 4 heteroatoms. The van der Waals surface area contributed by atoms with E-state index in [0.717, 1.165) is 10.6 Å². The second-order valence-electron chi connectivity index (χ2n) is 4.35. The first kappa shape index (κ1) is 12.9. The van der Waals surface area contributed by atoms with Gasteiger partial charge in [0.25, 0.3) is 0 Å². The van der Waals surface area contributed by atoms with Gasteiger partial charge in [0, 0.05) is 18.3 Å². The number of aromatic nitrogens is 1. The molecule has 0 spiro atoms. The lowest BCUT2D eigenvalue weighted by atomic mass is 10.0. The van der Waals surface area contributed by atoms with Gasteiger partial charge >= 0.3 is 0 Å². The van der Waals surface area contributed by atoms with Crippen LogP contribution < -0.4 is 5.73 Å². The van der Waals surface area contributed by atoms with Gasteiger partial charge in [-0.2, -0.15) is 0 Å². The summed E-state index contributed by atoms with van der Waals surface area (Å²) in [5.74, 6) is 0.0502. The zero-order valence-corrected chi connectivity index (χ0v) is 11.4. The lowest BCUT2D eigenvalue weighted by molar-refractivity contribution is 0.0988. The largest absolute Gasteiger partial charge is 0.325 e. The summed E-state index contributed by atoms with van der Waals surface area (Å²) in [6.45, 7) is 4.51. The molecule has 0 aliphatic rings. The molecule has 2 rings (SSSR count). The normalized spacial score (nSPS) is 10.6. The maximum absolute atomic E-state index is 12.0. The predicted molar refractivity (Wildman–Crippen MR) is 74.0 cm³/mol. The standard InChI is InChI=1S/C14H16N2OS/c1-9-3-4-11(5-10(9)2)6-13(17)12-8-18-14(7-15)16-12/h3-5,8H,6-7,15H2,1-2H3. The van der Waals surface area contributed by atoms with Crippen molar-refractivity contribution in [1.82, 2.24) is 4.98 Å². The van der Waals surface area contributed by atoms with Gasteiger partial charge in [-0.15, -0.1) is 11.3 Å². The molecular formula is C14H16N2OS. The number of thiazole rings is 1. The highest BCUT2D eigenvalue weighted by Crippen LogP contribution is 2.14. The van der Waals surface area contributed by atoms with Gasteiger partial charge in [0.1, 0.15) is 10.7 Å². The van der Waals surface area contributed by atoms with Crippen molar-refractivity contribution in [2.45, 2.75) is 26.8 Å². The number of carbonyl (C=O) groups is 1. The first-order valence-electron chi connectivity index (χ1n) is 5.84. The summed E-state index contributed by atoms with van der Waals surface area (Å²) < 4.78 is 0. The van der Waals surface area contributed by atoms with Crippen LogP contribution in [0.5, 0.6) is 0 Å². The zero-order valence-electron chi connectivity index (χ0n) is 10.6. The zero-order chi connectivity index (χ0) is 13.1. The third-order valence-electron chi connectivity index (χ3n) is 2.95. The Labute approximate surface area is 111 Å². The molecule has 0 unspecified atom stereocenters. The quantitative estimate of drug-likeness (QED) is 0.860. The topological polar surface area (TPSA) is 56.0 Å². The third-order valence-corrected chi connectivity index (χ3v) is 3.82. The molecule has 3 nitrogen and oxygen atoms in total. The van der Waals surface area contributed by atoms with Crippen LogP contribution in [0.1, 0.15) is 32.2 Å². The number of nitrogens with zero attached hydrogens (tertiary/aromatic N) is 1. The molecule has 0 saturated heterocycles. The molecule has 0 bridgehead atoms. The van der Waals surface area contributed by atoms with Crippen LogP contribution in [0.2, 0.25) is 0 Å². The summed E-state index contributed by atoms with van der Waals surface area (Å²) in [4.78, 5) is 16.3. The van der Waals surface area contributed by atoms with Crippen molar-refractivity contribution in [3.8, 4) is 0 Å². The van der Waals surface area contributed by atoms with Gasteiger partial charge in [-0.05, 0) is 30.5 Å². The predicted octanol–water partition coefficient (Wildman–Crippen LogP) is 2.64. The molecule has 0 aliphatic carbocycles. The maximum Gasteiger partial charge on any atom is 0.186 e. The number of rotatable bonds is 4. The summed E-state index contributed by atoms with van der Waals surface area (Å²) in [5.41, 5.74) is 9.50. The van der Waals surface area contributed by atoms with E-state index in [-0.39, 0.29) is 5.78 Å². The number of carbonyl (C=O) groups excluding carboxylic acids is 1. The molecule has 1 aromatic heterocycles. The summed E-state index contributed by atoms with van der Waals surface area (Å²) in [5, 5.41) is 2.59. The van der Waals surface area contributed by atoms with Gasteiger partial charge in [-0.25, -0.2) is 4.98 Å². The molecule has 2 aromatic rings. The van der Waals surface area contributed by atoms with E-state index in [9.17, 15) is 4.79 Å². The van der Waals surface area contributed by atoms with Crippen molar-refractivity contribution in [2.24, 2.45) is 5.73 Å². The van der Waals surface area contributed by atoms with Crippen LogP contribution in [0.4, 0.5) is 0 Å². The van der Waals surface area contributed by atoms with Crippen molar-refractivity contribution in [3.05, 3.63) is 51.0 Å².